The van der Waals surface area contributed by atoms with E-state index in [1.165, 1.54) is 206 Å². The topological polar surface area (TPSA) is 6.48 Å². The van der Waals surface area contributed by atoms with Crippen molar-refractivity contribution in [3.05, 3.63) is 12.4 Å². The minimum Gasteiger partial charge on any atom is -0.356 e. The fourth-order valence-corrected chi connectivity index (χ4v) is 6.80. The van der Waals surface area contributed by atoms with Crippen molar-refractivity contribution in [1.82, 2.24) is 9.80 Å². The second-order valence-electron chi connectivity index (χ2n) is 13.5. The third kappa shape index (κ3) is 23.5. The molecule has 0 bridgehead atoms. The quantitative estimate of drug-likeness (QED) is 0.0719. The minimum atomic E-state index is 0.633. The van der Waals surface area contributed by atoms with Crippen LogP contribution in [0, 0.1) is 0 Å². The van der Waals surface area contributed by atoms with Crippen molar-refractivity contribution in [1.29, 1.82) is 0 Å². The van der Waals surface area contributed by atoms with Crippen LogP contribution in [0.2, 0.25) is 0 Å². The Labute approximate surface area is 260 Å². The van der Waals surface area contributed by atoms with Gasteiger partial charge in [0.05, 0.1) is 0 Å². The van der Waals surface area contributed by atoms with Crippen molar-refractivity contribution >= 4 is 0 Å². The summed E-state index contributed by atoms with van der Waals surface area (Å²) in [7, 11) is 0. The van der Waals surface area contributed by atoms with Gasteiger partial charge in [-0.05, 0) is 26.2 Å². The molecule has 244 valence electrons. The highest BCUT2D eigenvalue weighted by molar-refractivity contribution is 4.96. The van der Waals surface area contributed by atoms with Crippen molar-refractivity contribution in [2.75, 3.05) is 13.1 Å². The molecule has 0 N–H and O–H groups in total. The maximum Gasteiger partial charge on any atom is 0.101 e. The second kappa shape index (κ2) is 30.8. The molecule has 0 radical (unpaired) electrons. The number of nitrogens with zero attached hydrogens (tertiary/aromatic N) is 2. The fraction of sp³-hybridized carbons (Fsp3) is 0.949. The summed E-state index contributed by atoms with van der Waals surface area (Å²) in [6, 6.07) is 0. The van der Waals surface area contributed by atoms with Crippen molar-refractivity contribution in [3.8, 4) is 0 Å². The van der Waals surface area contributed by atoms with Crippen molar-refractivity contribution in [3.63, 3.8) is 0 Å². The Kier molecular flexibility index (Phi) is 28.8. The first-order valence-corrected chi connectivity index (χ1v) is 19.5. The van der Waals surface area contributed by atoms with Gasteiger partial charge in [-0.25, -0.2) is 0 Å². The van der Waals surface area contributed by atoms with Gasteiger partial charge >= 0.3 is 0 Å². The van der Waals surface area contributed by atoms with Gasteiger partial charge in [0.2, 0.25) is 0 Å². The van der Waals surface area contributed by atoms with Crippen LogP contribution >= 0.6 is 0 Å². The van der Waals surface area contributed by atoms with Crippen LogP contribution in [0.3, 0.4) is 0 Å². The lowest BCUT2D eigenvalue weighted by Crippen LogP contribution is -2.38. The van der Waals surface area contributed by atoms with Crippen LogP contribution in [0.5, 0.6) is 0 Å². The zero-order chi connectivity index (χ0) is 29.5. The predicted octanol–water partition coefficient (Wildman–Crippen LogP) is 13.6. The van der Waals surface area contributed by atoms with E-state index in [1.54, 1.807) is 0 Å². The summed E-state index contributed by atoms with van der Waals surface area (Å²) in [6.45, 7) is 9.34. The van der Waals surface area contributed by atoms with Crippen LogP contribution in [0.25, 0.3) is 0 Å². The van der Waals surface area contributed by atoms with E-state index < -0.39 is 0 Å². The molecule has 1 rings (SSSR count). The summed E-state index contributed by atoms with van der Waals surface area (Å²) < 4.78 is 0. The molecule has 1 heterocycles. The summed E-state index contributed by atoms with van der Waals surface area (Å²) >= 11 is 0. The van der Waals surface area contributed by atoms with Gasteiger partial charge in [-0.1, -0.05) is 194 Å². The van der Waals surface area contributed by atoms with Gasteiger partial charge in [-0.2, -0.15) is 0 Å². The number of rotatable bonds is 33. The summed E-state index contributed by atoms with van der Waals surface area (Å²) in [5, 5.41) is 0. The van der Waals surface area contributed by atoms with Gasteiger partial charge in [-0.3, -0.25) is 0 Å². The highest BCUT2D eigenvalue weighted by Gasteiger charge is 2.23. The molecule has 0 amide bonds. The molecule has 1 unspecified atom stereocenters. The van der Waals surface area contributed by atoms with Gasteiger partial charge in [-0.15, -0.1) is 0 Å². The Morgan fingerprint density at radius 3 is 0.976 bits per heavy atom. The van der Waals surface area contributed by atoms with Crippen molar-refractivity contribution in [2.45, 2.75) is 226 Å². The Bertz CT molecular complexity index is 530. The third-order valence-electron chi connectivity index (χ3n) is 9.67. The molecule has 2 nitrogen and oxygen atoms in total. The molecule has 0 aliphatic carbocycles. The first-order valence-electron chi connectivity index (χ1n) is 19.5. The first kappa shape index (κ1) is 38.4. The van der Waals surface area contributed by atoms with Crippen LogP contribution in [0.1, 0.15) is 220 Å². The molecule has 1 aliphatic heterocycles. The molecule has 0 spiro atoms. The summed E-state index contributed by atoms with van der Waals surface area (Å²) in [6.07, 6.45) is 50.2. The van der Waals surface area contributed by atoms with Gasteiger partial charge in [0.25, 0.3) is 0 Å². The fourth-order valence-electron chi connectivity index (χ4n) is 6.80. The van der Waals surface area contributed by atoms with Crippen LogP contribution in [0.15, 0.2) is 12.4 Å². The van der Waals surface area contributed by atoms with E-state index in [1.807, 2.05) is 0 Å². The molecule has 1 aliphatic rings. The average molecular weight is 575 g/mol. The number of unbranched alkanes of at least 4 members (excludes halogenated alkanes) is 28. The normalized spacial score (nSPS) is 15.0. The number of hydrogen-bond acceptors (Lipinski definition) is 2. The molecular formula is C39H78N2. The van der Waals surface area contributed by atoms with E-state index >= 15 is 0 Å². The van der Waals surface area contributed by atoms with E-state index in [9.17, 15) is 0 Å². The van der Waals surface area contributed by atoms with Gasteiger partial charge in [0.1, 0.15) is 6.17 Å². The Hall–Kier alpha value is -0.660. The highest BCUT2D eigenvalue weighted by atomic mass is 15.4. The van der Waals surface area contributed by atoms with Crippen molar-refractivity contribution in [2.24, 2.45) is 0 Å². The zero-order valence-corrected chi connectivity index (χ0v) is 29.0. The molecule has 41 heavy (non-hydrogen) atoms. The standard InChI is InChI=1S/C39H78N2/c1-4-7-9-11-13-15-17-19-21-23-25-27-29-31-33-35-39-40(6-3)37-38-41(39)36-34-32-30-28-26-24-22-20-18-16-14-12-10-8-5-2/h37-39H,4-36H2,1-3H3. The molecular weight excluding hydrogens is 496 g/mol. The minimum absolute atomic E-state index is 0.633. The lowest BCUT2D eigenvalue weighted by atomic mass is 10.0. The first-order chi connectivity index (χ1) is 20.3. The highest BCUT2D eigenvalue weighted by Crippen LogP contribution is 2.23. The van der Waals surface area contributed by atoms with Gasteiger partial charge < -0.3 is 9.80 Å². The Balaban J connectivity index is 1.92. The average Bonchev–Trinajstić information content (AvgIpc) is 3.38. The lowest BCUT2D eigenvalue weighted by Gasteiger charge is -2.32. The molecule has 2 heteroatoms. The monoisotopic (exact) mass is 575 g/mol. The van der Waals surface area contributed by atoms with E-state index in [0.29, 0.717) is 6.17 Å². The SMILES string of the molecule is CCCCCCCCCCCCCCCCCC1N(CC)C=CN1CCCCCCCCCCCCCCCCC. The largest absolute Gasteiger partial charge is 0.356 e. The van der Waals surface area contributed by atoms with E-state index in [0.717, 1.165) is 6.54 Å². The summed E-state index contributed by atoms with van der Waals surface area (Å²) in [5.41, 5.74) is 0. The summed E-state index contributed by atoms with van der Waals surface area (Å²) in [4.78, 5) is 5.24. The van der Waals surface area contributed by atoms with Crippen LogP contribution in [-0.2, 0) is 0 Å². The number of hydrogen-bond donors (Lipinski definition) is 0. The summed E-state index contributed by atoms with van der Waals surface area (Å²) in [5.74, 6) is 0. The second-order valence-corrected chi connectivity index (χ2v) is 13.5. The van der Waals surface area contributed by atoms with E-state index in [-0.39, 0.29) is 0 Å². The molecule has 0 saturated carbocycles. The molecule has 1 atom stereocenters. The lowest BCUT2D eigenvalue weighted by molar-refractivity contribution is 0.142. The zero-order valence-electron chi connectivity index (χ0n) is 29.0. The third-order valence-corrected chi connectivity index (χ3v) is 9.67. The molecule has 0 aromatic rings. The molecule has 0 saturated heterocycles. The smallest absolute Gasteiger partial charge is 0.101 e. The van der Waals surface area contributed by atoms with E-state index in [4.69, 9.17) is 0 Å². The van der Waals surface area contributed by atoms with Gasteiger partial charge in [0.15, 0.2) is 0 Å². The predicted molar refractivity (Wildman–Crippen MR) is 186 cm³/mol. The van der Waals surface area contributed by atoms with Crippen LogP contribution in [0.4, 0.5) is 0 Å². The molecule has 0 aromatic heterocycles. The van der Waals surface area contributed by atoms with Crippen LogP contribution < -0.4 is 0 Å². The van der Waals surface area contributed by atoms with Crippen molar-refractivity contribution < 1.29 is 0 Å². The Morgan fingerprint density at radius 1 is 0.341 bits per heavy atom. The van der Waals surface area contributed by atoms with Gasteiger partial charge in [0, 0.05) is 25.5 Å². The molecule has 0 aromatic carbocycles. The Morgan fingerprint density at radius 2 is 0.634 bits per heavy atom. The maximum atomic E-state index is 2.66. The van der Waals surface area contributed by atoms with Crippen LogP contribution in [-0.4, -0.2) is 29.1 Å². The molecule has 0 fully saturated rings. The van der Waals surface area contributed by atoms with E-state index in [2.05, 4.69) is 43.0 Å². The maximum absolute atomic E-state index is 2.66.